The SMILES string of the molecule is O=C(Nc1ccc(Nc2cccc(Br)c2)cn1)NC1CC1. The van der Waals surface area contributed by atoms with Crippen molar-refractivity contribution in [1.82, 2.24) is 10.3 Å². The maximum Gasteiger partial charge on any atom is 0.320 e. The molecular formula is C15H15BrN4O. The molecule has 0 radical (unpaired) electrons. The smallest absolute Gasteiger partial charge is 0.320 e. The lowest BCUT2D eigenvalue weighted by Gasteiger charge is -2.08. The topological polar surface area (TPSA) is 66.0 Å². The molecule has 1 fully saturated rings. The van der Waals surface area contributed by atoms with Crippen molar-refractivity contribution >= 4 is 39.2 Å². The predicted molar refractivity (Wildman–Crippen MR) is 86.8 cm³/mol. The summed E-state index contributed by atoms with van der Waals surface area (Å²) in [5.41, 5.74) is 1.83. The Kier molecular flexibility index (Phi) is 4.06. The van der Waals surface area contributed by atoms with Crippen LogP contribution < -0.4 is 16.0 Å². The number of benzene rings is 1. The average Bonchev–Trinajstić information content (AvgIpc) is 3.25. The minimum Gasteiger partial charge on any atom is -0.354 e. The van der Waals surface area contributed by atoms with Crippen molar-refractivity contribution < 1.29 is 4.79 Å². The van der Waals surface area contributed by atoms with Gasteiger partial charge in [0.25, 0.3) is 0 Å². The molecule has 0 atom stereocenters. The molecule has 0 saturated heterocycles. The summed E-state index contributed by atoms with van der Waals surface area (Å²) >= 11 is 3.43. The van der Waals surface area contributed by atoms with E-state index in [0.29, 0.717) is 11.9 Å². The standard InChI is InChI=1S/C15H15BrN4O/c16-10-2-1-3-12(8-10)18-13-6-7-14(17-9-13)20-15(21)19-11-4-5-11/h1-3,6-9,11,18H,4-5H2,(H2,17,19,20,21). The summed E-state index contributed by atoms with van der Waals surface area (Å²) in [5.74, 6) is 0.535. The monoisotopic (exact) mass is 346 g/mol. The molecule has 108 valence electrons. The highest BCUT2D eigenvalue weighted by Gasteiger charge is 2.23. The summed E-state index contributed by atoms with van der Waals surface area (Å²) in [6, 6.07) is 11.7. The van der Waals surface area contributed by atoms with Crippen LogP contribution in [0.4, 0.5) is 22.0 Å². The molecule has 0 aliphatic heterocycles. The van der Waals surface area contributed by atoms with E-state index in [4.69, 9.17) is 0 Å². The third kappa shape index (κ3) is 4.19. The Morgan fingerprint density at radius 1 is 1.19 bits per heavy atom. The zero-order valence-electron chi connectivity index (χ0n) is 11.3. The molecule has 1 aliphatic carbocycles. The third-order valence-corrected chi connectivity index (χ3v) is 3.52. The number of pyridine rings is 1. The van der Waals surface area contributed by atoms with Gasteiger partial charge in [0.2, 0.25) is 0 Å². The largest absolute Gasteiger partial charge is 0.354 e. The fourth-order valence-electron chi connectivity index (χ4n) is 1.84. The van der Waals surface area contributed by atoms with Gasteiger partial charge in [-0.05, 0) is 43.2 Å². The second kappa shape index (κ2) is 6.13. The zero-order valence-corrected chi connectivity index (χ0v) is 12.9. The van der Waals surface area contributed by atoms with Gasteiger partial charge in [-0.2, -0.15) is 0 Å². The van der Waals surface area contributed by atoms with Crippen molar-refractivity contribution in [2.24, 2.45) is 0 Å². The fourth-order valence-corrected chi connectivity index (χ4v) is 2.24. The molecular weight excluding hydrogens is 332 g/mol. The molecule has 1 aromatic carbocycles. The summed E-state index contributed by atoms with van der Waals surface area (Å²) in [6.45, 7) is 0. The van der Waals surface area contributed by atoms with Crippen LogP contribution in [-0.2, 0) is 0 Å². The molecule has 1 heterocycles. The lowest BCUT2D eigenvalue weighted by Crippen LogP contribution is -2.30. The maximum atomic E-state index is 11.6. The first-order valence-electron chi connectivity index (χ1n) is 6.75. The second-order valence-electron chi connectivity index (χ2n) is 4.94. The first-order chi connectivity index (χ1) is 10.2. The van der Waals surface area contributed by atoms with Crippen LogP contribution in [0.3, 0.4) is 0 Å². The van der Waals surface area contributed by atoms with Crippen molar-refractivity contribution in [1.29, 1.82) is 0 Å². The number of urea groups is 1. The number of nitrogens with zero attached hydrogens (tertiary/aromatic N) is 1. The molecule has 0 unspecified atom stereocenters. The number of carbonyl (C=O) groups excluding carboxylic acids is 1. The Morgan fingerprint density at radius 3 is 2.71 bits per heavy atom. The zero-order chi connectivity index (χ0) is 14.7. The minimum absolute atomic E-state index is 0.197. The number of anilines is 3. The summed E-state index contributed by atoms with van der Waals surface area (Å²) in [6.07, 6.45) is 3.82. The van der Waals surface area contributed by atoms with Crippen LogP contribution in [0.2, 0.25) is 0 Å². The quantitative estimate of drug-likeness (QED) is 0.787. The molecule has 5 nitrogen and oxygen atoms in total. The number of nitrogens with one attached hydrogen (secondary N) is 3. The van der Waals surface area contributed by atoms with Crippen molar-refractivity contribution in [2.45, 2.75) is 18.9 Å². The molecule has 0 spiro atoms. The summed E-state index contributed by atoms with van der Waals surface area (Å²) in [7, 11) is 0. The number of aromatic nitrogens is 1. The molecule has 3 N–H and O–H groups in total. The van der Waals surface area contributed by atoms with Gasteiger partial charge >= 0.3 is 6.03 Å². The van der Waals surface area contributed by atoms with Crippen LogP contribution in [0.15, 0.2) is 47.1 Å². The first kappa shape index (κ1) is 13.9. The minimum atomic E-state index is -0.197. The fraction of sp³-hybridized carbons (Fsp3) is 0.200. The van der Waals surface area contributed by atoms with E-state index >= 15 is 0 Å². The average molecular weight is 347 g/mol. The van der Waals surface area contributed by atoms with Crippen LogP contribution in [0.1, 0.15) is 12.8 Å². The number of amides is 2. The van der Waals surface area contributed by atoms with Gasteiger partial charge in [0.1, 0.15) is 5.82 Å². The van der Waals surface area contributed by atoms with Crippen molar-refractivity contribution in [3.05, 3.63) is 47.1 Å². The number of hydrogen-bond donors (Lipinski definition) is 3. The molecule has 1 aromatic heterocycles. The van der Waals surface area contributed by atoms with Gasteiger partial charge in [0.05, 0.1) is 11.9 Å². The summed E-state index contributed by atoms with van der Waals surface area (Å²) in [5, 5.41) is 8.82. The number of carbonyl (C=O) groups is 1. The molecule has 0 bridgehead atoms. The number of hydrogen-bond acceptors (Lipinski definition) is 3. The van der Waals surface area contributed by atoms with Gasteiger partial charge < -0.3 is 10.6 Å². The highest BCUT2D eigenvalue weighted by Crippen LogP contribution is 2.21. The highest BCUT2D eigenvalue weighted by molar-refractivity contribution is 9.10. The second-order valence-corrected chi connectivity index (χ2v) is 5.86. The number of rotatable bonds is 4. The van der Waals surface area contributed by atoms with Gasteiger partial charge in [0.15, 0.2) is 0 Å². The number of halogens is 1. The van der Waals surface area contributed by atoms with E-state index < -0.39 is 0 Å². The Hall–Kier alpha value is -2.08. The lowest BCUT2D eigenvalue weighted by atomic mass is 10.3. The van der Waals surface area contributed by atoms with Gasteiger partial charge in [-0.3, -0.25) is 5.32 Å². The van der Waals surface area contributed by atoms with E-state index in [1.54, 1.807) is 12.3 Å². The van der Waals surface area contributed by atoms with Gasteiger partial charge in [-0.15, -0.1) is 0 Å². The Balaban J connectivity index is 1.59. The van der Waals surface area contributed by atoms with Crippen LogP contribution in [0.25, 0.3) is 0 Å². The van der Waals surface area contributed by atoms with Gasteiger partial charge in [-0.1, -0.05) is 22.0 Å². The lowest BCUT2D eigenvalue weighted by molar-refractivity contribution is 0.251. The van der Waals surface area contributed by atoms with Crippen molar-refractivity contribution in [2.75, 3.05) is 10.6 Å². The van der Waals surface area contributed by atoms with E-state index in [1.165, 1.54) is 0 Å². The van der Waals surface area contributed by atoms with Crippen LogP contribution >= 0.6 is 15.9 Å². The third-order valence-electron chi connectivity index (χ3n) is 3.03. The van der Waals surface area contributed by atoms with E-state index in [9.17, 15) is 4.79 Å². The molecule has 2 amide bonds. The maximum absolute atomic E-state index is 11.6. The van der Waals surface area contributed by atoms with Crippen LogP contribution in [0.5, 0.6) is 0 Å². The first-order valence-corrected chi connectivity index (χ1v) is 7.54. The molecule has 1 aliphatic rings. The van der Waals surface area contributed by atoms with Crippen LogP contribution in [-0.4, -0.2) is 17.1 Å². The molecule has 21 heavy (non-hydrogen) atoms. The van der Waals surface area contributed by atoms with Gasteiger partial charge in [-0.25, -0.2) is 9.78 Å². The van der Waals surface area contributed by atoms with Gasteiger partial charge in [0, 0.05) is 16.2 Å². The van der Waals surface area contributed by atoms with E-state index in [1.807, 2.05) is 30.3 Å². The Morgan fingerprint density at radius 2 is 2.05 bits per heavy atom. The molecule has 2 aromatic rings. The highest BCUT2D eigenvalue weighted by atomic mass is 79.9. The van der Waals surface area contributed by atoms with E-state index in [2.05, 4.69) is 36.9 Å². The molecule has 1 saturated carbocycles. The predicted octanol–water partition coefficient (Wildman–Crippen LogP) is 3.87. The normalized spacial score (nSPS) is 13.6. The summed E-state index contributed by atoms with van der Waals surface area (Å²) in [4.78, 5) is 15.8. The Labute approximate surface area is 131 Å². The van der Waals surface area contributed by atoms with Crippen molar-refractivity contribution in [3.8, 4) is 0 Å². The van der Waals surface area contributed by atoms with E-state index in [-0.39, 0.29) is 6.03 Å². The van der Waals surface area contributed by atoms with E-state index in [0.717, 1.165) is 28.7 Å². The summed E-state index contributed by atoms with van der Waals surface area (Å²) < 4.78 is 1.01. The molecule has 3 rings (SSSR count). The van der Waals surface area contributed by atoms with Crippen LogP contribution in [0, 0.1) is 0 Å². The Bertz CT molecular complexity index is 640. The van der Waals surface area contributed by atoms with Crippen molar-refractivity contribution in [3.63, 3.8) is 0 Å². The molecule has 6 heteroatoms.